The van der Waals surface area contributed by atoms with E-state index in [0.717, 1.165) is 17.7 Å². The number of aromatic nitrogens is 4. The Morgan fingerprint density at radius 1 is 1.30 bits per heavy atom. The average Bonchev–Trinajstić information content (AvgIpc) is 3.43. The van der Waals surface area contributed by atoms with Crippen molar-refractivity contribution in [1.29, 1.82) is 0 Å². The first kappa shape index (κ1) is 18.5. The maximum absolute atomic E-state index is 12.9. The number of ether oxygens (including phenoxy) is 1. The van der Waals surface area contributed by atoms with Gasteiger partial charge >= 0.3 is 0 Å². The number of imidazole rings is 1. The number of benzene rings is 1. The van der Waals surface area contributed by atoms with Crippen LogP contribution in [0.4, 0.5) is 5.69 Å². The number of carbonyl (C=O) groups excluding carboxylic acids is 1. The molecular formula is C21H20N6O3. The number of anilines is 1. The first-order valence-electron chi connectivity index (χ1n) is 9.69. The molecule has 0 spiro atoms. The number of carbonyl (C=O) groups is 1. The van der Waals surface area contributed by atoms with Crippen LogP contribution >= 0.6 is 0 Å². The highest BCUT2D eigenvalue weighted by atomic mass is 16.5. The number of fused-ring (bicyclic) bond motifs is 1. The van der Waals surface area contributed by atoms with E-state index in [2.05, 4.69) is 25.8 Å². The molecule has 1 fully saturated rings. The Balaban J connectivity index is 1.40. The maximum Gasteiger partial charge on any atom is 0.274 e. The molecule has 4 heterocycles. The van der Waals surface area contributed by atoms with Crippen molar-refractivity contribution in [2.75, 3.05) is 25.0 Å². The fraction of sp³-hybridized carbons (Fsp3) is 0.238. The van der Waals surface area contributed by atoms with E-state index in [1.165, 1.54) is 0 Å². The molecule has 9 nitrogen and oxygen atoms in total. The summed E-state index contributed by atoms with van der Waals surface area (Å²) >= 11 is 0. The summed E-state index contributed by atoms with van der Waals surface area (Å²) in [6.07, 6.45) is 3.12. The van der Waals surface area contributed by atoms with Crippen molar-refractivity contribution in [1.82, 2.24) is 24.8 Å². The van der Waals surface area contributed by atoms with E-state index < -0.39 is 0 Å². The van der Waals surface area contributed by atoms with Gasteiger partial charge in [0.15, 0.2) is 0 Å². The lowest BCUT2D eigenvalue weighted by atomic mass is 10.1. The Kier molecular flexibility index (Phi) is 4.74. The lowest BCUT2D eigenvalue weighted by Crippen LogP contribution is -2.33. The zero-order chi connectivity index (χ0) is 20.5. The normalized spacial score (nSPS) is 16.6. The highest BCUT2D eigenvalue weighted by Gasteiger charge is 2.23. The van der Waals surface area contributed by atoms with Crippen LogP contribution in [0.2, 0.25) is 0 Å². The molecule has 4 aromatic rings. The van der Waals surface area contributed by atoms with Crippen molar-refractivity contribution in [3.63, 3.8) is 0 Å². The third-order valence-electron chi connectivity index (χ3n) is 5.04. The van der Waals surface area contributed by atoms with E-state index in [4.69, 9.17) is 9.26 Å². The summed E-state index contributed by atoms with van der Waals surface area (Å²) in [6, 6.07) is 11.2. The van der Waals surface area contributed by atoms with Crippen molar-refractivity contribution in [2.24, 2.45) is 0 Å². The van der Waals surface area contributed by atoms with E-state index in [-0.39, 0.29) is 12.0 Å². The summed E-state index contributed by atoms with van der Waals surface area (Å²) in [7, 11) is 0. The Bertz CT molecular complexity index is 1210. The largest absolute Gasteiger partial charge is 0.366 e. The molecule has 9 heteroatoms. The van der Waals surface area contributed by atoms with E-state index in [1.807, 2.05) is 49.5 Å². The summed E-state index contributed by atoms with van der Waals surface area (Å²) in [6.45, 7) is 3.98. The Morgan fingerprint density at radius 2 is 2.23 bits per heavy atom. The van der Waals surface area contributed by atoms with Crippen molar-refractivity contribution in [2.45, 2.75) is 13.0 Å². The van der Waals surface area contributed by atoms with Gasteiger partial charge in [-0.15, -0.1) is 0 Å². The predicted molar refractivity (Wildman–Crippen MR) is 109 cm³/mol. The third kappa shape index (κ3) is 3.44. The number of hydrogen-bond donors (Lipinski definition) is 2. The highest BCUT2D eigenvalue weighted by molar-refractivity contribution is 6.04. The Morgan fingerprint density at radius 3 is 3.10 bits per heavy atom. The number of rotatable bonds is 4. The van der Waals surface area contributed by atoms with Crippen molar-refractivity contribution >= 4 is 17.2 Å². The second-order valence-electron chi connectivity index (χ2n) is 7.08. The van der Waals surface area contributed by atoms with Crippen molar-refractivity contribution in [3.8, 4) is 11.4 Å². The average molecular weight is 404 g/mol. The molecule has 1 amide bonds. The molecule has 0 bridgehead atoms. The number of nitrogens with zero attached hydrogens (tertiary/aromatic N) is 4. The quantitative estimate of drug-likeness (QED) is 0.538. The molecule has 1 atom stereocenters. The molecule has 2 N–H and O–H groups in total. The zero-order valence-electron chi connectivity index (χ0n) is 16.3. The smallest absolute Gasteiger partial charge is 0.274 e. The minimum atomic E-state index is -0.250. The van der Waals surface area contributed by atoms with Gasteiger partial charge in [-0.25, -0.2) is 4.98 Å². The number of hydrogen-bond acceptors (Lipinski definition) is 7. The molecular weight excluding hydrogens is 384 g/mol. The SMILES string of the molecule is Cc1ccc(-c2noc(C3CNCCO3)n2)cc1NC(=O)c1cnc2ccccn12. The van der Waals surface area contributed by atoms with E-state index >= 15 is 0 Å². The zero-order valence-corrected chi connectivity index (χ0v) is 16.3. The number of nitrogens with one attached hydrogen (secondary N) is 2. The first-order chi connectivity index (χ1) is 14.7. The van der Waals surface area contributed by atoms with Crippen LogP contribution in [0.25, 0.3) is 17.0 Å². The van der Waals surface area contributed by atoms with Gasteiger partial charge in [0, 0.05) is 30.5 Å². The number of pyridine rings is 1. The van der Waals surface area contributed by atoms with Crippen molar-refractivity contribution in [3.05, 3.63) is 65.9 Å². The van der Waals surface area contributed by atoms with Crippen LogP contribution in [0.5, 0.6) is 0 Å². The van der Waals surface area contributed by atoms with Crippen LogP contribution < -0.4 is 10.6 Å². The topological polar surface area (TPSA) is 107 Å². The molecule has 1 aliphatic rings. The first-order valence-corrected chi connectivity index (χ1v) is 9.69. The maximum atomic E-state index is 12.9. The molecule has 152 valence electrons. The van der Waals surface area contributed by atoms with Gasteiger partial charge in [0.25, 0.3) is 11.8 Å². The minimum absolute atomic E-state index is 0.246. The van der Waals surface area contributed by atoms with Crippen molar-refractivity contribution < 1.29 is 14.1 Å². The number of aryl methyl sites for hydroxylation is 1. The van der Waals surface area contributed by atoms with Gasteiger partial charge < -0.3 is 19.9 Å². The summed E-state index contributed by atoms with van der Waals surface area (Å²) in [5.74, 6) is 0.642. The second kappa shape index (κ2) is 7.69. The monoisotopic (exact) mass is 404 g/mol. The molecule has 0 radical (unpaired) electrons. The van der Waals surface area contributed by atoms with Gasteiger partial charge in [0.1, 0.15) is 17.4 Å². The molecule has 3 aromatic heterocycles. The van der Waals surface area contributed by atoms with Gasteiger partial charge in [0.2, 0.25) is 5.82 Å². The van der Waals surface area contributed by atoms with Crippen LogP contribution in [-0.4, -0.2) is 45.1 Å². The minimum Gasteiger partial charge on any atom is -0.366 e. The summed E-state index contributed by atoms with van der Waals surface area (Å²) in [4.78, 5) is 21.6. The molecule has 1 unspecified atom stereocenters. The summed E-state index contributed by atoms with van der Waals surface area (Å²) in [5, 5.41) is 10.3. The molecule has 1 aliphatic heterocycles. The van der Waals surface area contributed by atoms with Crippen LogP contribution in [-0.2, 0) is 4.74 Å². The molecule has 5 rings (SSSR count). The van der Waals surface area contributed by atoms with Gasteiger partial charge in [-0.2, -0.15) is 4.98 Å². The van der Waals surface area contributed by atoms with Gasteiger partial charge in [-0.1, -0.05) is 23.4 Å². The Labute approximate surface area is 172 Å². The van der Waals surface area contributed by atoms with Crippen LogP contribution in [0.1, 0.15) is 28.0 Å². The van der Waals surface area contributed by atoms with E-state index in [1.54, 1.807) is 10.6 Å². The molecule has 1 aromatic carbocycles. The van der Waals surface area contributed by atoms with E-state index in [0.29, 0.717) is 41.9 Å². The van der Waals surface area contributed by atoms with Gasteiger partial charge in [-0.05, 0) is 30.7 Å². The summed E-state index contributed by atoms with van der Waals surface area (Å²) in [5.41, 5.74) is 3.51. The standard InChI is InChI=1S/C21H20N6O3/c1-13-5-6-14(19-25-21(30-26-19)17-12-22-7-9-29-17)10-15(13)24-20(28)16-11-23-18-4-2-3-8-27(16)18/h2-6,8,10-11,17,22H,7,9,12H2,1H3,(H,24,28). The predicted octanol–water partition coefficient (Wildman–Crippen LogP) is 2.61. The van der Waals surface area contributed by atoms with Crippen LogP contribution in [0.3, 0.4) is 0 Å². The molecule has 0 aliphatic carbocycles. The molecule has 0 saturated carbocycles. The molecule has 30 heavy (non-hydrogen) atoms. The Hall–Kier alpha value is -3.56. The van der Waals surface area contributed by atoms with Gasteiger partial charge in [-0.3, -0.25) is 9.20 Å². The van der Waals surface area contributed by atoms with Crippen LogP contribution in [0, 0.1) is 6.92 Å². The lowest BCUT2D eigenvalue weighted by molar-refractivity contribution is 0.00755. The lowest BCUT2D eigenvalue weighted by Gasteiger charge is -2.19. The van der Waals surface area contributed by atoms with Gasteiger partial charge in [0.05, 0.1) is 12.8 Å². The second-order valence-corrected chi connectivity index (χ2v) is 7.08. The summed E-state index contributed by atoms with van der Waals surface area (Å²) < 4.78 is 12.8. The van der Waals surface area contributed by atoms with Crippen LogP contribution in [0.15, 0.2) is 53.3 Å². The fourth-order valence-electron chi connectivity index (χ4n) is 3.39. The third-order valence-corrected chi connectivity index (χ3v) is 5.04. The molecule has 1 saturated heterocycles. The van der Waals surface area contributed by atoms with E-state index in [9.17, 15) is 4.79 Å². The highest BCUT2D eigenvalue weighted by Crippen LogP contribution is 2.26. The number of amides is 1. The number of morpholine rings is 1. The fourth-order valence-corrected chi connectivity index (χ4v) is 3.39.